The van der Waals surface area contributed by atoms with Crippen LogP contribution in [-0.2, 0) is 0 Å². The van der Waals surface area contributed by atoms with Gasteiger partial charge in [0, 0.05) is 13.8 Å². The molecule has 0 rings (SSSR count). The summed E-state index contributed by atoms with van der Waals surface area (Å²) < 4.78 is 96.7. The highest BCUT2D eigenvalue weighted by molar-refractivity contribution is 5.00. The second-order valence-electron chi connectivity index (χ2n) is 2.93. The van der Waals surface area contributed by atoms with E-state index in [1.807, 2.05) is 0 Å². The van der Waals surface area contributed by atoms with E-state index < -0.39 is 37.5 Å². The van der Waals surface area contributed by atoms with E-state index in [1.54, 1.807) is 0 Å². The van der Waals surface area contributed by atoms with Crippen molar-refractivity contribution in [1.29, 1.82) is 0 Å². The summed E-state index contributed by atoms with van der Waals surface area (Å²) in [5.74, 6) is -22.7. The van der Waals surface area contributed by atoms with E-state index in [0.717, 1.165) is 0 Å². The van der Waals surface area contributed by atoms with Crippen molar-refractivity contribution in [1.82, 2.24) is 0 Å². The van der Waals surface area contributed by atoms with Crippen LogP contribution in [0.5, 0.6) is 0 Å². The molecule has 0 amide bonds. The standard InChI is InChI=1S/C6H6F8/c1-3(7,8)5(11,12)6(13,14)4(2,9)10/h1-2H3. The Morgan fingerprint density at radius 3 is 0.714 bits per heavy atom. The molecule has 0 N–H and O–H groups in total. The third-order valence-corrected chi connectivity index (χ3v) is 1.50. The van der Waals surface area contributed by atoms with Crippen LogP contribution in [0.25, 0.3) is 0 Å². The molecule has 0 aliphatic heterocycles. The van der Waals surface area contributed by atoms with E-state index in [1.165, 1.54) is 0 Å². The summed E-state index contributed by atoms with van der Waals surface area (Å²) in [6.07, 6.45) is 0. The fourth-order valence-corrected chi connectivity index (χ4v) is 0.551. The van der Waals surface area contributed by atoms with Gasteiger partial charge in [-0.2, -0.15) is 35.1 Å². The quantitative estimate of drug-likeness (QED) is 0.650. The second kappa shape index (κ2) is 2.96. The monoisotopic (exact) mass is 230 g/mol. The molecule has 0 aliphatic rings. The number of halogens is 8. The van der Waals surface area contributed by atoms with E-state index in [0.29, 0.717) is 0 Å². The third-order valence-electron chi connectivity index (χ3n) is 1.50. The molecule has 0 aromatic rings. The van der Waals surface area contributed by atoms with E-state index in [-0.39, 0.29) is 0 Å². The normalized spacial score (nSPS) is 15.9. The van der Waals surface area contributed by atoms with Gasteiger partial charge >= 0.3 is 23.7 Å². The summed E-state index contributed by atoms with van der Waals surface area (Å²) in [5.41, 5.74) is 0. The lowest BCUT2D eigenvalue weighted by molar-refractivity contribution is -0.357. The van der Waals surface area contributed by atoms with Crippen LogP contribution in [0.3, 0.4) is 0 Å². The maximum atomic E-state index is 12.2. The van der Waals surface area contributed by atoms with Gasteiger partial charge < -0.3 is 0 Å². The Bertz CT molecular complexity index is 183. The van der Waals surface area contributed by atoms with Crippen molar-refractivity contribution in [2.24, 2.45) is 0 Å². The highest BCUT2D eigenvalue weighted by Gasteiger charge is 2.77. The van der Waals surface area contributed by atoms with Gasteiger partial charge in [0.15, 0.2) is 0 Å². The molecule has 0 fully saturated rings. The zero-order chi connectivity index (χ0) is 12.0. The molecule has 0 unspecified atom stereocenters. The molecule has 86 valence electrons. The molecule has 0 aromatic carbocycles. The average molecular weight is 230 g/mol. The Balaban J connectivity index is 5.30. The maximum absolute atomic E-state index is 12.2. The number of rotatable bonds is 3. The molecule has 0 saturated carbocycles. The highest BCUT2D eigenvalue weighted by Crippen LogP contribution is 2.51. The fourth-order valence-electron chi connectivity index (χ4n) is 0.551. The van der Waals surface area contributed by atoms with Gasteiger partial charge in [0.05, 0.1) is 0 Å². The average Bonchev–Trinajstić information content (AvgIpc) is 1.81. The first-order valence-corrected chi connectivity index (χ1v) is 3.26. The summed E-state index contributed by atoms with van der Waals surface area (Å²) >= 11 is 0. The van der Waals surface area contributed by atoms with Crippen LogP contribution < -0.4 is 0 Å². The molecule has 0 spiro atoms. The molecule has 0 radical (unpaired) electrons. The molecule has 0 aromatic heterocycles. The molecule has 0 heterocycles. The lowest BCUT2D eigenvalue weighted by Gasteiger charge is -2.33. The SMILES string of the molecule is CC(F)(F)C(F)(F)C(F)(F)C(C)(F)F. The maximum Gasteiger partial charge on any atom is 0.377 e. The van der Waals surface area contributed by atoms with Crippen LogP contribution in [0, 0.1) is 0 Å². The molecule has 8 heteroatoms. The Kier molecular flexibility index (Phi) is 2.84. The predicted molar refractivity (Wildman–Crippen MR) is 31.1 cm³/mol. The summed E-state index contributed by atoms with van der Waals surface area (Å²) in [4.78, 5) is 0. The van der Waals surface area contributed by atoms with Crippen molar-refractivity contribution in [3.05, 3.63) is 0 Å². The third kappa shape index (κ3) is 1.78. The van der Waals surface area contributed by atoms with E-state index in [9.17, 15) is 35.1 Å². The summed E-state index contributed by atoms with van der Waals surface area (Å²) in [5, 5.41) is 0. The first kappa shape index (κ1) is 13.4. The van der Waals surface area contributed by atoms with Crippen molar-refractivity contribution >= 4 is 0 Å². The Morgan fingerprint density at radius 1 is 0.500 bits per heavy atom. The zero-order valence-electron chi connectivity index (χ0n) is 7.02. The van der Waals surface area contributed by atoms with Crippen LogP contribution in [0.4, 0.5) is 35.1 Å². The Labute approximate surface area is 73.9 Å². The van der Waals surface area contributed by atoms with Gasteiger partial charge in [-0.05, 0) is 0 Å². The second-order valence-corrected chi connectivity index (χ2v) is 2.93. The van der Waals surface area contributed by atoms with Gasteiger partial charge in [-0.25, -0.2) is 0 Å². The summed E-state index contributed by atoms with van der Waals surface area (Å²) in [6, 6.07) is 0. The van der Waals surface area contributed by atoms with Crippen molar-refractivity contribution < 1.29 is 35.1 Å². The van der Waals surface area contributed by atoms with E-state index in [2.05, 4.69) is 0 Å². The lowest BCUT2D eigenvalue weighted by atomic mass is 10.0. The number of hydrogen-bond acceptors (Lipinski definition) is 0. The molecule has 0 aliphatic carbocycles. The van der Waals surface area contributed by atoms with Crippen molar-refractivity contribution in [3.8, 4) is 0 Å². The minimum absolute atomic E-state index is 0.549. The van der Waals surface area contributed by atoms with Crippen LogP contribution in [0.15, 0.2) is 0 Å². The molecule has 0 nitrogen and oxygen atoms in total. The largest absolute Gasteiger partial charge is 0.377 e. The van der Waals surface area contributed by atoms with Gasteiger partial charge in [0.2, 0.25) is 0 Å². The molecule has 0 atom stereocenters. The molecular weight excluding hydrogens is 224 g/mol. The fraction of sp³-hybridized carbons (Fsp3) is 1.00. The minimum Gasteiger partial charge on any atom is -0.200 e. The van der Waals surface area contributed by atoms with Crippen LogP contribution in [-0.4, -0.2) is 23.7 Å². The molecular formula is C6H6F8. The van der Waals surface area contributed by atoms with Gasteiger partial charge in [-0.3, -0.25) is 0 Å². The van der Waals surface area contributed by atoms with Crippen molar-refractivity contribution in [2.45, 2.75) is 37.5 Å². The van der Waals surface area contributed by atoms with Gasteiger partial charge in [-0.15, -0.1) is 0 Å². The number of alkyl halides is 8. The first-order valence-electron chi connectivity index (χ1n) is 3.26. The minimum atomic E-state index is -6.10. The van der Waals surface area contributed by atoms with Gasteiger partial charge in [0.1, 0.15) is 0 Å². The van der Waals surface area contributed by atoms with Gasteiger partial charge in [-0.1, -0.05) is 0 Å². The summed E-state index contributed by atoms with van der Waals surface area (Å²) in [6.45, 7) is -1.10. The van der Waals surface area contributed by atoms with E-state index in [4.69, 9.17) is 0 Å². The predicted octanol–water partition coefficient (Wildman–Crippen LogP) is 3.57. The Hall–Kier alpha value is -0.560. The first-order chi connectivity index (χ1) is 5.75. The number of hydrogen-bond donors (Lipinski definition) is 0. The van der Waals surface area contributed by atoms with Crippen molar-refractivity contribution in [2.75, 3.05) is 0 Å². The lowest BCUT2D eigenvalue weighted by Crippen LogP contribution is -2.60. The summed E-state index contributed by atoms with van der Waals surface area (Å²) in [7, 11) is 0. The van der Waals surface area contributed by atoms with Crippen molar-refractivity contribution in [3.63, 3.8) is 0 Å². The van der Waals surface area contributed by atoms with E-state index >= 15 is 0 Å². The smallest absolute Gasteiger partial charge is 0.200 e. The molecule has 14 heavy (non-hydrogen) atoms. The molecule has 0 bridgehead atoms. The molecule has 0 saturated heterocycles. The van der Waals surface area contributed by atoms with Gasteiger partial charge in [0.25, 0.3) is 0 Å². The van der Waals surface area contributed by atoms with Crippen LogP contribution >= 0.6 is 0 Å². The van der Waals surface area contributed by atoms with Crippen LogP contribution in [0.2, 0.25) is 0 Å². The van der Waals surface area contributed by atoms with Crippen LogP contribution in [0.1, 0.15) is 13.8 Å². The highest BCUT2D eigenvalue weighted by atomic mass is 19.4. The zero-order valence-corrected chi connectivity index (χ0v) is 7.02. The topological polar surface area (TPSA) is 0 Å². The Morgan fingerprint density at radius 2 is 0.643 bits per heavy atom.